The van der Waals surface area contributed by atoms with Crippen molar-refractivity contribution in [3.63, 3.8) is 0 Å². The van der Waals surface area contributed by atoms with Crippen LogP contribution in [0.1, 0.15) is 58.8 Å². The lowest BCUT2D eigenvalue weighted by Crippen LogP contribution is -2.03. The molecule has 0 N–H and O–H groups in total. The Morgan fingerprint density at radius 3 is 2.00 bits per heavy atom. The summed E-state index contributed by atoms with van der Waals surface area (Å²) < 4.78 is 15.3. The van der Waals surface area contributed by atoms with Crippen LogP contribution in [0.3, 0.4) is 0 Å². The first-order chi connectivity index (χ1) is 11.2. The third-order valence-electron chi connectivity index (χ3n) is 2.09. The molecule has 0 unspecified atom stereocenters. The second kappa shape index (κ2) is 20.6. The highest BCUT2D eigenvalue weighted by Crippen LogP contribution is 2.29. The van der Waals surface area contributed by atoms with Gasteiger partial charge in [-0.3, -0.25) is 0 Å². The summed E-state index contributed by atoms with van der Waals surface area (Å²) in [6.07, 6.45) is 0. The van der Waals surface area contributed by atoms with Gasteiger partial charge >= 0.3 is 5.97 Å². The van der Waals surface area contributed by atoms with Crippen molar-refractivity contribution >= 4 is 17.7 Å². The Bertz CT molecular complexity index is 381. The van der Waals surface area contributed by atoms with Crippen molar-refractivity contribution in [2.75, 3.05) is 25.9 Å². The van der Waals surface area contributed by atoms with Crippen molar-refractivity contribution in [1.29, 1.82) is 0 Å². The molecule has 4 nitrogen and oxygen atoms in total. The van der Waals surface area contributed by atoms with E-state index in [1.165, 1.54) is 14.2 Å². The smallest absolute Gasteiger partial charge is 0.337 e. The van der Waals surface area contributed by atoms with Gasteiger partial charge in [0.1, 0.15) is 5.94 Å². The van der Waals surface area contributed by atoms with Gasteiger partial charge < -0.3 is 14.2 Å². The SMILES string of the molecule is CC.CC.CC.CCSCOc1ccc(C(=O)OC)cc1OC. The number of rotatable bonds is 6. The average Bonchev–Trinajstić information content (AvgIpc) is 2.66. The Kier molecular flexibility index (Phi) is 23.8. The Labute approximate surface area is 146 Å². The van der Waals surface area contributed by atoms with E-state index in [1.54, 1.807) is 30.0 Å². The van der Waals surface area contributed by atoms with Gasteiger partial charge in [-0.25, -0.2) is 4.79 Å². The van der Waals surface area contributed by atoms with Crippen molar-refractivity contribution < 1.29 is 19.0 Å². The summed E-state index contributed by atoms with van der Waals surface area (Å²) in [5, 5.41) is 0. The molecule has 0 saturated heterocycles. The molecule has 1 rings (SSSR count). The van der Waals surface area contributed by atoms with E-state index in [0.29, 0.717) is 23.0 Å². The minimum atomic E-state index is -0.391. The van der Waals surface area contributed by atoms with Gasteiger partial charge in [0.25, 0.3) is 0 Å². The molecule has 0 atom stereocenters. The third-order valence-corrected chi connectivity index (χ3v) is 2.78. The molecule has 0 aliphatic heterocycles. The predicted octanol–water partition coefficient (Wildman–Crippen LogP) is 5.65. The van der Waals surface area contributed by atoms with E-state index in [1.807, 2.05) is 41.5 Å². The Morgan fingerprint density at radius 2 is 1.57 bits per heavy atom. The number of hydrogen-bond acceptors (Lipinski definition) is 5. The fourth-order valence-corrected chi connectivity index (χ4v) is 1.60. The average molecular weight is 347 g/mol. The highest BCUT2D eigenvalue weighted by molar-refractivity contribution is 7.99. The molecule has 0 bridgehead atoms. The number of methoxy groups -OCH3 is 2. The van der Waals surface area contributed by atoms with Crippen LogP contribution in [0.5, 0.6) is 11.5 Å². The largest absolute Gasteiger partial charge is 0.493 e. The molecule has 5 heteroatoms. The van der Waals surface area contributed by atoms with Gasteiger partial charge in [0.05, 0.1) is 19.8 Å². The second-order valence-corrected chi connectivity index (χ2v) is 4.33. The van der Waals surface area contributed by atoms with E-state index >= 15 is 0 Å². The lowest BCUT2D eigenvalue weighted by molar-refractivity contribution is 0.0600. The number of benzene rings is 1. The van der Waals surface area contributed by atoms with Crippen LogP contribution < -0.4 is 9.47 Å². The summed E-state index contributed by atoms with van der Waals surface area (Å²) in [5.41, 5.74) is 0.444. The van der Waals surface area contributed by atoms with Crippen LogP contribution in [-0.4, -0.2) is 31.9 Å². The number of ether oxygens (including phenoxy) is 3. The zero-order valence-corrected chi connectivity index (χ0v) is 17.0. The van der Waals surface area contributed by atoms with Crippen molar-refractivity contribution in [2.24, 2.45) is 0 Å². The van der Waals surface area contributed by atoms with Gasteiger partial charge in [0.15, 0.2) is 11.5 Å². The lowest BCUT2D eigenvalue weighted by Gasteiger charge is -2.11. The molecule has 0 aromatic heterocycles. The van der Waals surface area contributed by atoms with Gasteiger partial charge in [-0.1, -0.05) is 48.5 Å². The third kappa shape index (κ3) is 11.8. The molecule has 0 aliphatic rings. The molecular weight excluding hydrogens is 312 g/mol. The second-order valence-electron chi connectivity index (χ2n) is 3.11. The van der Waals surface area contributed by atoms with E-state index < -0.39 is 5.97 Å². The number of carbonyl (C=O) groups is 1. The Balaban J connectivity index is -0.000000595. The highest BCUT2D eigenvalue weighted by atomic mass is 32.2. The van der Waals surface area contributed by atoms with E-state index in [4.69, 9.17) is 9.47 Å². The van der Waals surface area contributed by atoms with Crippen LogP contribution in [0.25, 0.3) is 0 Å². The molecule has 0 radical (unpaired) electrons. The summed E-state index contributed by atoms with van der Waals surface area (Å²) >= 11 is 1.67. The predicted molar refractivity (Wildman–Crippen MR) is 102 cm³/mol. The zero-order chi connectivity index (χ0) is 18.7. The highest BCUT2D eigenvalue weighted by Gasteiger charge is 2.11. The number of hydrogen-bond donors (Lipinski definition) is 0. The molecule has 0 saturated carbocycles. The summed E-state index contributed by atoms with van der Waals surface area (Å²) in [4.78, 5) is 11.3. The molecule has 0 fully saturated rings. The zero-order valence-electron chi connectivity index (χ0n) is 16.2. The first-order valence-electron chi connectivity index (χ1n) is 8.19. The van der Waals surface area contributed by atoms with Crippen LogP contribution in [0, 0.1) is 0 Å². The van der Waals surface area contributed by atoms with Gasteiger partial charge in [-0.2, -0.15) is 0 Å². The fourth-order valence-electron chi connectivity index (χ4n) is 1.22. The van der Waals surface area contributed by atoms with Gasteiger partial charge in [0, 0.05) is 0 Å². The molecule has 0 amide bonds. The number of thioether (sulfide) groups is 1. The molecular formula is C18H34O4S. The Hall–Kier alpha value is -1.36. The summed E-state index contributed by atoms with van der Waals surface area (Å²) in [6, 6.07) is 4.97. The molecule has 23 heavy (non-hydrogen) atoms. The molecule has 0 heterocycles. The van der Waals surface area contributed by atoms with Crippen LogP contribution in [0.15, 0.2) is 18.2 Å². The van der Waals surface area contributed by atoms with Crippen LogP contribution >= 0.6 is 11.8 Å². The molecule has 0 spiro atoms. The minimum Gasteiger partial charge on any atom is -0.493 e. The molecule has 0 aliphatic carbocycles. The normalized spacial score (nSPS) is 8.04. The van der Waals surface area contributed by atoms with E-state index in [2.05, 4.69) is 11.7 Å². The first kappa shape index (κ1) is 26.5. The van der Waals surface area contributed by atoms with Crippen molar-refractivity contribution in [3.05, 3.63) is 23.8 Å². The number of esters is 1. The van der Waals surface area contributed by atoms with Gasteiger partial charge in [-0.15, -0.1) is 11.8 Å². The fraction of sp³-hybridized carbons (Fsp3) is 0.611. The van der Waals surface area contributed by atoms with Crippen LogP contribution in [0.4, 0.5) is 0 Å². The molecule has 136 valence electrons. The topological polar surface area (TPSA) is 44.8 Å². The standard InChI is InChI=1S/C12H16O4S.3C2H6/c1-4-17-8-16-10-6-5-9(12(13)15-3)7-11(10)14-2;3*1-2/h5-7H,4,8H2,1-3H3;3*1-2H3. The molecule has 1 aromatic carbocycles. The molecule has 1 aromatic rings. The summed E-state index contributed by atoms with van der Waals surface area (Å²) in [5.74, 6) is 2.32. The Morgan fingerprint density at radius 1 is 1.00 bits per heavy atom. The number of carbonyl (C=O) groups excluding carboxylic acids is 1. The first-order valence-corrected chi connectivity index (χ1v) is 9.35. The van der Waals surface area contributed by atoms with Crippen LogP contribution in [0.2, 0.25) is 0 Å². The lowest BCUT2D eigenvalue weighted by atomic mass is 10.2. The van der Waals surface area contributed by atoms with E-state index in [0.717, 1.165) is 5.75 Å². The van der Waals surface area contributed by atoms with Crippen molar-refractivity contribution in [2.45, 2.75) is 48.5 Å². The quantitative estimate of drug-likeness (QED) is 0.378. The maximum atomic E-state index is 11.3. The maximum Gasteiger partial charge on any atom is 0.337 e. The van der Waals surface area contributed by atoms with Crippen molar-refractivity contribution in [3.8, 4) is 11.5 Å². The van der Waals surface area contributed by atoms with Gasteiger partial charge in [-0.05, 0) is 24.0 Å². The van der Waals surface area contributed by atoms with E-state index in [-0.39, 0.29) is 0 Å². The summed E-state index contributed by atoms with van der Waals surface area (Å²) in [7, 11) is 2.88. The minimum absolute atomic E-state index is 0.391. The van der Waals surface area contributed by atoms with Gasteiger partial charge in [0.2, 0.25) is 0 Å². The van der Waals surface area contributed by atoms with E-state index in [9.17, 15) is 4.79 Å². The monoisotopic (exact) mass is 346 g/mol. The summed E-state index contributed by atoms with van der Waals surface area (Å²) in [6.45, 7) is 14.1. The van der Waals surface area contributed by atoms with Crippen molar-refractivity contribution in [1.82, 2.24) is 0 Å². The maximum absolute atomic E-state index is 11.3. The van der Waals surface area contributed by atoms with Crippen LogP contribution in [-0.2, 0) is 4.74 Å².